The van der Waals surface area contributed by atoms with Crippen molar-refractivity contribution < 1.29 is 14.4 Å². The summed E-state index contributed by atoms with van der Waals surface area (Å²) in [6, 6.07) is -0.437. The van der Waals surface area contributed by atoms with Gasteiger partial charge < -0.3 is 20.0 Å². The Morgan fingerprint density at radius 1 is 1.00 bits per heavy atom. The van der Waals surface area contributed by atoms with Crippen molar-refractivity contribution >= 4 is 17.7 Å². The Bertz CT molecular complexity index is 623. The minimum atomic E-state index is -0.405. The van der Waals surface area contributed by atoms with Crippen LogP contribution in [-0.2, 0) is 14.4 Å². The highest BCUT2D eigenvalue weighted by molar-refractivity contribution is 5.90. The Balaban J connectivity index is 1.52. The van der Waals surface area contributed by atoms with Gasteiger partial charge in [0, 0.05) is 51.1 Å². The van der Waals surface area contributed by atoms with Crippen LogP contribution in [0.15, 0.2) is 0 Å². The summed E-state index contributed by atoms with van der Waals surface area (Å²) in [5, 5.41) is 3.28. The lowest BCUT2D eigenvalue weighted by Crippen LogP contribution is -2.53. The molecule has 0 spiro atoms. The van der Waals surface area contributed by atoms with Crippen molar-refractivity contribution in [3.63, 3.8) is 0 Å². The maximum absolute atomic E-state index is 13.3. The summed E-state index contributed by atoms with van der Waals surface area (Å²) < 4.78 is 0. The number of amides is 3. The van der Waals surface area contributed by atoms with Crippen LogP contribution in [0.1, 0.15) is 46.0 Å². The minimum absolute atomic E-state index is 0.0323. The zero-order chi connectivity index (χ0) is 19.8. The van der Waals surface area contributed by atoms with Gasteiger partial charge in [0.1, 0.15) is 6.04 Å². The van der Waals surface area contributed by atoms with E-state index in [0.29, 0.717) is 38.5 Å². The molecule has 0 aromatic rings. The van der Waals surface area contributed by atoms with Crippen LogP contribution in [0.2, 0.25) is 0 Å². The predicted molar refractivity (Wildman–Crippen MR) is 105 cm³/mol. The van der Waals surface area contributed by atoms with Crippen LogP contribution in [0.4, 0.5) is 0 Å². The van der Waals surface area contributed by atoms with Crippen LogP contribution >= 0.6 is 0 Å². The summed E-state index contributed by atoms with van der Waals surface area (Å²) in [4.78, 5) is 44.9. The Morgan fingerprint density at radius 3 is 2.21 bits per heavy atom. The molecule has 2 heterocycles. The van der Waals surface area contributed by atoms with Gasteiger partial charge in [-0.15, -0.1) is 0 Å². The quantitative estimate of drug-likeness (QED) is 0.724. The molecule has 1 N–H and O–H groups in total. The molecule has 3 amide bonds. The van der Waals surface area contributed by atoms with Crippen LogP contribution in [-0.4, -0.2) is 83.8 Å². The van der Waals surface area contributed by atoms with Crippen molar-refractivity contribution in [2.75, 3.05) is 39.3 Å². The number of likely N-dealkylation sites (tertiary alicyclic amines) is 1. The van der Waals surface area contributed by atoms with E-state index in [1.165, 1.54) is 0 Å². The molecule has 0 aromatic heterocycles. The van der Waals surface area contributed by atoms with Crippen LogP contribution < -0.4 is 5.32 Å². The average molecular weight is 391 g/mol. The third-order valence-corrected chi connectivity index (χ3v) is 6.41. The SMILES string of the molecule is CC(C)CN(C(=O)C1CC1)C1CC(C(=O)N2CCNCC2)N(C(=O)C2CC2)C1. The zero-order valence-electron chi connectivity index (χ0n) is 17.2. The summed E-state index contributed by atoms with van der Waals surface area (Å²) in [6.07, 6.45) is 4.42. The summed E-state index contributed by atoms with van der Waals surface area (Å²) in [5.41, 5.74) is 0. The molecule has 7 nitrogen and oxygen atoms in total. The molecule has 4 aliphatic rings. The molecule has 0 aromatic carbocycles. The first-order chi connectivity index (χ1) is 13.5. The predicted octanol–water partition coefficient (Wildman–Crippen LogP) is 0.692. The molecule has 2 saturated carbocycles. The van der Waals surface area contributed by atoms with Crippen molar-refractivity contribution in [1.82, 2.24) is 20.0 Å². The first kappa shape index (κ1) is 19.7. The number of hydrogen-bond donors (Lipinski definition) is 1. The molecule has 0 bridgehead atoms. The molecule has 0 radical (unpaired) electrons. The normalized spacial score (nSPS) is 28.0. The Kier molecular flexibility index (Phi) is 5.63. The van der Waals surface area contributed by atoms with Crippen LogP contribution in [0, 0.1) is 17.8 Å². The number of hydrogen-bond acceptors (Lipinski definition) is 4. The van der Waals surface area contributed by atoms with E-state index in [4.69, 9.17) is 0 Å². The van der Waals surface area contributed by atoms with E-state index in [1.54, 1.807) is 0 Å². The number of carbonyl (C=O) groups is 3. The molecular formula is C21H34N4O3. The van der Waals surface area contributed by atoms with Gasteiger partial charge in [0.15, 0.2) is 0 Å². The van der Waals surface area contributed by atoms with Gasteiger partial charge in [-0.05, 0) is 38.0 Å². The van der Waals surface area contributed by atoms with Gasteiger partial charge >= 0.3 is 0 Å². The van der Waals surface area contributed by atoms with E-state index >= 15 is 0 Å². The molecule has 4 fully saturated rings. The molecule has 2 aliphatic heterocycles. The molecule has 2 saturated heterocycles. The van der Waals surface area contributed by atoms with E-state index in [-0.39, 0.29) is 35.6 Å². The lowest BCUT2D eigenvalue weighted by Gasteiger charge is -2.32. The summed E-state index contributed by atoms with van der Waals surface area (Å²) >= 11 is 0. The second-order valence-corrected chi connectivity index (χ2v) is 9.40. The summed E-state index contributed by atoms with van der Waals surface area (Å²) in [7, 11) is 0. The molecule has 2 atom stereocenters. The molecule has 4 rings (SSSR count). The number of carbonyl (C=O) groups excluding carboxylic acids is 3. The Hall–Kier alpha value is -1.63. The van der Waals surface area contributed by atoms with Crippen LogP contribution in [0.25, 0.3) is 0 Å². The second kappa shape index (κ2) is 8.01. The third-order valence-electron chi connectivity index (χ3n) is 6.41. The average Bonchev–Trinajstić information content (AvgIpc) is 3.61. The fourth-order valence-corrected chi connectivity index (χ4v) is 4.56. The van der Waals surface area contributed by atoms with E-state index in [2.05, 4.69) is 19.2 Å². The van der Waals surface area contributed by atoms with E-state index in [9.17, 15) is 14.4 Å². The van der Waals surface area contributed by atoms with Crippen molar-refractivity contribution in [2.45, 2.75) is 58.0 Å². The smallest absolute Gasteiger partial charge is 0.245 e. The molecule has 28 heavy (non-hydrogen) atoms. The van der Waals surface area contributed by atoms with Crippen molar-refractivity contribution in [1.29, 1.82) is 0 Å². The Morgan fingerprint density at radius 2 is 1.64 bits per heavy atom. The van der Waals surface area contributed by atoms with Crippen molar-refractivity contribution in [2.24, 2.45) is 17.8 Å². The Labute approximate surface area is 167 Å². The summed E-state index contributed by atoms with van der Waals surface area (Å²) in [6.45, 7) is 8.47. The van der Waals surface area contributed by atoms with E-state index < -0.39 is 6.04 Å². The zero-order valence-corrected chi connectivity index (χ0v) is 17.2. The molecular weight excluding hydrogens is 356 g/mol. The fraction of sp³-hybridized carbons (Fsp3) is 0.857. The van der Waals surface area contributed by atoms with Gasteiger partial charge in [-0.1, -0.05) is 13.8 Å². The van der Waals surface area contributed by atoms with Crippen LogP contribution in [0.3, 0.4) is 0 Å². The minimum Gasteiger partial charge on any atom is -0.338 e. The largest absolute Gasteiger partial charge is 0.338 e. The first-order valence-electron chi connectivity index (χ1n) is 11.1. The molecule has 7 heteroatoms. The number of piperazine rings is 1. The monoisotopic (exact) mass is 390 g/mol. The van der Waals surface area contributed by atoms with Gasteiger partial charge in [0.2, 0.25) is 17.7 Å². The van der Waals surface area contributed by atoms with Gasteiger partial charge in [0.25, 0.3) is 0 Å². The second-order valence-electron chi connectivity index (χ2n) is 9.40. The number of rotatable bonds is 6. The first-order valence-corrected chi connectivity index (χ1v) is 11.1. The van der Waals surface area contributed by atoms with Crippen LogP contribution in [0.5, 0.6) is 0 Å². The van der Waals surface area contributed by atoms with Crippen molar-refractivity contribution in [3.05, 3.63) is 0 Å². The third kappa shape index (κ3) is 4.19. The lowest BCUT2D eigenvalue weighted by molar-refractivity contribution is -0.144. The topological polar surface area (TPSA) is 73.0 Å². The molecule has 2 aliphatic carbocycles. The standard InChI is InChI=1S/C21H34N4O3/c1-14(2)12-24(19(26)15-3-4-15)17-11-18(21(28)23-9-7-22-8-10-23)25(13-17)20(27)16-5-6-16/h14-18,22H,3-13H2,1-2H3. The maximum Gasteiger partial charge on any atom is 0.245 e. The maximum atomic E-state index is 13.3. The highest BCUT2D eigenvalue weighted by atomic mass is 16.2. The summed E-state index contributed by atoms with van der Waals surface area (Å²) in [5.74, 6) is 1.05. The van der Waals surface area contributed by atoms with Gasteiger partial charge in [-0.2, -0.15) is 0 Å². The van der Waals surface area contributed by atoms with Gasteiger partial charge in [-0.3, -0.25) is 14.4 Å². The lowest BCUT2D eigenvalue weighted by atomic mass is 10.1. The van der Waals surface area contributed by atoms with E-state index in [0.717, 1.165) is 38.8 Å². The fourth-order valence-electron chi connectivity index (χ4n) is 4.56. The van der Waals surface area contributed by atoms with Gasteiger partial charge in [-0.25, -0.2) is 0 Å². The number of nitrogens with zero attached hydrogens (tertiary/aromatic N) is 3. The molecule has 2 unspecified atom stereocenters. The van der Waals surface area contributed by atoms with E-state index in [1.807, 2.05) is 14.7 Å². The van der Waals surface area contributed by atoms with Crippen molar-refractivity contribution in [3.8, 4) is 0 Å². The molecule has 156 valence electrons. The highest BCUT2D eigenvalue weighted by Crippen LogP contribution is 2.37. The van der Waals surface area contributed by atoms with Gasteiger partial charge in [0.05, 0.1) is 6.04 Å². The number of nitrogens with one attached hydrogen (secondary N) is 1. The highest BCUT2D eigenvalue weighted by Gasteiger charge is 2.48.